The minimum absolute atomic E-state index is 0.0448. The van der Waals surface area contributed by atoms with Crippen LogP contribution in [0.4, 0.5) is 8.78 Å². The Balaban J connectivity index is 1.62. The van der Waals surface area contributed by atoms with Crippen molar-refractivity contribution in [2.75, 3.05) is 13.2 Å². The van der Waals surface area contributed by atoms with Crippen molar-refractivity contribution >= 4 is 11.9 Å². The summed E-state index contributed by atoms with van der Waals surface area (Å²) in [6.07, 6.45) is 1.21. The van der Waals surface area contributed by atoms with Gasteiger partial charge in [-0.05, 0) is 42.7 Å². The first-order chi connectivity index (χ1) is 12.5. The van der Waals surface area contributed by atoms with Crippen LogP contribution in [0.3, 0.4) is 0 Å². The summed E-state index contributed by atoms with van der Waals surface area (Å²) >= 11 is 0. The van der Waals surface area contributed by atoms with Gasteiger partial charge in [0, 0.05) is 19.0 Å². The van der Waals surface area contributed by atoms with Crippen molar-refractivity contribution in [1.29, 1.82) is 0 Å². The molecule has 0 atom stereocenters. The molecule has 0 aliphatic carbocycles. The highest BCUT2D eigenvalue weighted by atomic mass is 19.1. The van der Waals surface area contributed by atoms with Gasteiger partial charge in [0.1, 0.15) is 5.82 Å². The molecule has 0 bridgehead atoms. The van der Waals surface area contributed by atoms with Crippen LogP contribution in [0.15, 0.2) is 42.5 Å². The molecule has 5 nitrogen and oxygen atoms in total. The van der Waals surface area contributed by atoms with Gasteiger partial charge in [0.2, 0.25) is 5.91 Å². The molecular weight excluding hydrogens is 344 g/mol. The fourth-order valence-corrected chi connectivity index (χ4v) is 2.26. The number of rotatable bonds is 9. The highest BCUT2D eigenvalue weighted by molar-refractivity contribution is 5.87. The van der Waals surface area contributed by atoms with E-state index in [1.165, 1.54) is 18.2 Å². The molecular formula is C19H19F2NO4. The third-order valence-corrected chi connectivity index (χ3v) is 3.64. The van der Waals surface area contributed by atoms with Crippen LogP contribution in [0, 0.1) is 11.6 Å². The van der Waals surface area contributed by atoms with Crippen LogP contribution in [-0.4, -0.2) is 30.1 Å². The lowest BCUT2D eigenvalue weighted by atomic mass is 10.1. The molecule has 0 aliphatic heterocycles. The average molecular weight is 363 g/mol. The lowest BCUT2D eigenvalue weighted by Crippen LogP contribution is -2.25. The summed E-state index contributed by atoms with van der Waals surface area (Å²) in [4.78, 5) is 22.5. The zero-order chi connectivity index (χ0) is 18.9. The number of hydrogen-bond donors (Lipinski definition) is 2. The molecule has 1 amide bonds. The minimum Gasteiger partial charge on any atom is -0.491 e. The number of amides is 1. The van der Waals surface area contributed by atoms with Gasteiger partial charge in [-0.3, -0.25) is 4.79 Å². The third-order valence-electron chi connectivity index (χ3n) is 3.64. The summed E-state index contributed by atoms with van der Waals surface area (Å²) in [7, 11) is 0. The van der Waals surface area contributed by atoms with Crippen molar-refractivity contribution in [3.8, 4) is 5.75 Å². The Kier molecular flexibility index (Phi) is 7.08. The van der Waals surface area contributed by atoms with Gasteiger partial charge in [-0.2, -0.15) is 0 Å². The van der Waals surface area contributed by atoms with Gasteiger partial charge in [0.15, 0.2) is 11.6 Å². The molecule has 0 aliphatic rings. The van der Waals surface area contributed by atoms with E-state index in [1.54, 1.807) is 12.1 Å². The van der Waals surface area contributed by atoms with E-state index < -0.39 is 17.6 Å². The molecule has 0 unspecified atom stereocenters. The maximum Gasteiger partial charge on any atom is 0.335 e. The Labute approximate surface area is 149 Å². The van der Waals surface area contributed by atoms with Crippen LogP contribution in [0.2, 0.25) is 0 Å². The van der Waals surface area contributed by atoms with Crippen molar-refractivity contribution < 1.29 is 28.2 Å². The second kappa shape index (κ2) is 9.50. The maximum atomic E-state index is 13.4. The second-order valence-corrected chi connectivity index (χ2v) is 5.63. The largest absolute Gasteiger partial charge is 0.491 e. The smallest absolute Gasteiger partial charge is 0.335 e. The molecule has 26 heavy (non-hydrogen) atoms. The Hall–Kier alpha value is -2.96. The summed E-state index contributed by atoms with van der Waals surface area (Å²) in [5, 5.41) is 11.6. The first-order valence-corrected chi connectivity index (χ1v) is 8.12. The summed E-state index contributed by atoms with van der Waals surface area (Å²) in [6, 6.07) is 9.51. The maximum absolute atomic E-state index is 13.4. The third kappa shape index (κ3) is 6.16. The summed E-state index contributed by atoms with van der Waals surface area (Å²) in [5.74, 6) is -2.63. The van der Waals surface area contributed by atoms with E-state index in [-0.39, 0.29) is 30.2 Å². The van der Waals surface area contributed by atoms with E-state index in [0.717, 1.165) is 17.7 Å². The number of ether oxygens (including phenoxy) is 1. The van der Waals surface area contributed by atoms with Gasteiger partial charge in [0.05, 0.1) is 12.2 Å². The van der Waals surface area contributed by atoms with Gasteiger partial charge >= 0.3 is 5.97 Å². The molecule has 0 radical (unpaired) electrons. The van der Waals surface area contributed by atoms with E-state index in [0.29, 0.717) is 19.4 Å². The molecule has 2 aromatic carbocycles. The predicted octanol–water partition coefficient (Wildman–Crippen LogP) is 3.18. The minimum atomic E-state index is -0.979. The quantitative estimate of drug-likeness (QED) is 0.671. The van der Waals surface area contributed by atoms with Crippen molar-refractivity contribution in [2.24, 2.45) is 0 Å². The standard InChI is InChI=1S/C19H19F2NO4/c20-15-7-8-17(16(21)12-15)26-11-1-2-18(23)22-10-9-13-3-5-14(6-4-13)19(24)25/h3-8,12H,1-2,9-11H2,(H,22,23)(H,24,25). The topological polar surface area (TPSA) is 75.6 Å². The van der Waals surface area contributed by atoms with Crippen molar-refractivity contribution in [3.63, 3.8) is 0 Å². The molecule has 0 saturated carbocycles. The van der Waals surface area contributed by atoms with E-state index in [9.17, 15) is 18.4 Å². The molecule has 0 aromatic heterocycles. The van der Waals surface area contributed by atoms with Crippen LogP contribution in [-0.2, 0) is 11.2 Å². The molecule has 0 saturated heterocycles. The Bertz CT molecular complexity index is 763. The van der Waals surface area contributed by atoms with Gasteiger partial charge in [-0.1, -0.05) is 12.1 Å². The zero-order valence-corrected chi connectivity index (χ0v) is 14.0. The van der Waals surface area contributed by atoms with E-state index >= 15 is 0 Å². The summed E-state index contributed by atoms with van der Waals surface area (Å²) < 4.78 is 31.3. The van der Waals surface area contributed by atoms with Crippen molar-refractivity contribution in [1.82, 2.24) is 5.32 Å². The molecule has 0 spiro atoms. The van der Waals surface area contributed by atoms with Gasteiger partial charge in [-0.15, -0.1) is 0 Å². The molecule has 138 valence electrons. The summed E-state index contributed by atoms with van der Waals surface area (Å²) in [6.45, 7) is 0.575. The highest BCUT2D eigenvalue weighted by Gasteiger charge is 2.06. The lowest BCUT2D eigenvalue weighted by Gasteiger charge is -2.08. The van der Waals surface area contributed by atoms with Crippen LogP contribution in [0.25, 0.3) is 0 Å². The Morgan fingerprint density at radius 1 is 1.08 bits per heavy atom. The molecule has 2 rings (SSSR count). The summed E-state index contributed by atoms with van der Waals surface area (Å²) in [5.41, 5.74) is 1.14. The number of carboxylic acid groups (broad SMARTS) is 1. The SMILES string of the molecule is O=C(CCCOc1ccc(F)cc1F)NCCc1ccc(C(=O)O)cc1. The van der Waals surface area contributed by atoms with Crippen LogP contribution < -0.4 is 10.1 Å². The van der Waals surface area contributed by atoms with Gasteiger partial charge in [0.25, 0.3) is 0 Å². The number of halogens is 2. The number of carboxylic acids is 1. The first-order valence-electron chi connectivity index (χ1n) is 8.12. The highest BCUT2D eigenvalue weighted by Crippen LogP contribution is 2.17. The number of carbonyl (C=O) groups is 2. The Morgan fingerprint density at radius 3 is 2.46 bits per heavy atom. The molecule has 0 heterocycles. The van der Waals surface area contributed by atoms with E-state index in [2.05, 4.69) is 5.32 Å². The fraction of sp³-hybridized carbons (Fsp3) is 0.263. The number of carbonyl (C=O) groups excluding carboxylic acids is 1. The molecule has 7 heteroatoms. The lowest BCUT2D eigenvalue weighted by molar-refractivity contribution is -0.121. The number of aromatic carboxylic acids is 1. The average Bonchev–Trinajstić information content (AvgIpc) is 2.60. The number of hydrogen-bond acceptors (Lipinski definition) is 3. The van der Waals surface area contributed by atoms with Gasteiger partial charge < -0.3 is 15.2 Å². The Morgan fingerprint density at radius 2 is 1.81 bits per heavy atom. The predicted molar refractivity (Wildman–Crippen MR) is 91.2 cm³/mol. The number of benzene rings is 2. The van der Waals surface area contributed by atoms with E-state index in [4.69, 9.17) is 9.84 Å². The first kappa shape index (κ1) is 19.4. The second-order valence-electron chi connectivity index (χ2n) is 5.63. The molecule has 0 fully saturated rings. The number of nitrogens with one attached hydrogen (secondary N) is 1. The normalized spacial score (nSPS) is 10.4. The van der Waals surface area contributed by atoms with E-state index in [1.807, 2.05) is 0 Å². The zero-order valence-electron chi connectivity index (χ0n) is 14.0. The van der Waals surface area contributed by atoms with Crippen LogP contribution >= 0.6 is 0 Å². The van der Waals surface area contributed by atoms with Gasteiger partial charge in [-0.25, -0.2) is 13.6 Å². The fourth-order valence-electron chi connectivity index (χ4n) is 2.26. The molecule has 2 aromatic rings. The van der Waals surface area contributed by atoms with Crippen molar-refractivity contribution in [2.45, 2.75) is 19.3 Å². The van der Waals surface area contributed by atoms with Crippen molar-refractivity contribution in [3.05, 3.63) is 65.2 Å². The molecule has 2 N–H and O–H groups in total. The van der Waals surface area contributed by atoms with Crippen LogP contribution in [0.1, 0.15) is 28.8 Å². The monoisotopic (exact) mass is 363 g/mol. The van der Waals surface area contributed by atoms with Crippen LogP contribution in [0.5, 0.6) is 5.75 Å².